The summed E-state index contributed by atoms with van der Waals surface area (Å²) in [5.41, 5.74) is 1.66. The van der Waals surface area contributed by atoms with E-state index in [9.17, 15) is 8.42 Å². The van der Waals surface area contributed by atoms with E-state index in [0.29, 0.717) is 36.1 Å². The van der Waals surface area contributed by atoms with Crippen LogP contribution >= 0.6 is 0 Å². The van der Waals surface area contributed by atoms with Gasteiger partial charge in [-0.1, -0.05) is 43.2 Å². The maximum absolute atomic E-state index is 13.4. The van der Waals surface area contributed by atoms with Crippen LogP contribution in [0.2, 0.25) is 0 Å². The van der Waals surface area contributed by atoms with Crippen molar-refractivity contribution >= 4 is 15.7 Å². The first-order valence-corrected chi connectivity index (χ1v) is 11.7. The van der Waals surface area contributed by atoms with Crippen LogP contribution in [0.15, 0.2) is 59.6 Å². The van der Waals surface area contributed by atoms with Crippen molar-refractivity contribution in [3.8, 4) is 22.8 Å². The van der Waals surface area contributed by atoms with Crippen molar-refractivity contribution in [1.82, 2.24) is 9.78 Å². The second kappa shape index (κ2) is 7.68. The first-order valence-electron chi connectivity index (χ1n) is 10.2. The molecule has 2 aromatic carbocycles. The smallest absolute Gasteiger partial charge is 0.265 e. The van der Waals surface area contributed by atoms with Crippen LogP contribution < -0.4 is 14.2 Å². The van der Waals surface area contributed by atoms with E-state index in [1.807, 2.05) is 35.0 Å². The number of rotatable bonds is 5. The number of hydrogen-bond acceptors (Lipinski definition) is 5. The van der Waals surface area contributed by atoms with Gasteiger partial charge in [-0.25, -0.2) is 8.42 Å². The van der Waals surface area contributed by atoms with Gasteiger partial charge in [0.05, 0.1) is 11.7 Å². The molecule has 1 fully saturated rings. The Kier molecular flexibility index (Phi) is 4.86. The van der Waals surface area contributed by atoms with Crippen molar-refractivity contribution in [1.29, 1.82) is 0 Å². The molecule has 1 aromatic heterocycles. The van der Waals surface area contributed by atoms with Gasteiger partial charge in [0.2, 0.25) is 0 Å². The van der Waals surface area contributed by atoms with E-state index in [0.717, 1.165) is 31.2 Å². The van der Waals surface area contributed by atoms with Crippen LogP contribution in [0.4, 0.5) is 5.69 Å². The van der Waals surface area contributed by atoms with Crippen LogP contribution in [-0.4, -0.2) is 31.4 Å². The fourth-order valence-electron chi connectivity index (χ4n) is 4.04. The summed E-state index contributed by atoms with van der Waals surface area (Å²) in [4.78, 5) is 0.176. The molecule has 30 heavy (non-hydrogen) atoms. The number of hydrogen-bond donors (Lipinski definition) is 1. The number of nitrogens with zero attached hydrogens (tertiary/aromatic N) is 2. The zero-order valence-corrected chi connectivity index (χ0v) is 17.3. The van der Waals surface area contributed by atoms with E-state index in [4.69, 9.17) is 14.6 Å². The maximum atomic E-state index is 13.4. The molecule has 0 radical (unpaired) electrons. The average molecular weight is 426 g/mol. The van der Waals surface area contributed by atoms with Gasteiger partial charge in [-0.3, -0.25) is 9.40 Å². The maximum Gasteiger partial charge on any atom is 0.265 e. The van der Waals surface area contributed by atoms with Crippen LogP contribution in [0.25, 0.3) is 11.3 Å². The van der Waals surface area contributed by atoms with Gasteiger partial charge >= 0.3 is 0 Å². The molecule has 1 N–H and O–H groups in total. The highest BCUT2D eigenvalue weighted by molar-refractivity contribution is 7.92. The number of nitrogens with one attached hydrogen (secondary N) is 1. The van der Waals surface area contributed by atoms with Crippen LogP contribution in [0.1, 0.15) is 31.7 Å². The molecule has 156 valence electrons. The second-order valence-corrected chi connectivity index (χ2v) is 9.24. The lowest BCUT2D eigenvalue weighted by Gasteiger charge is -2.19. The summed E-state index contributed by atoms with van der Waals surface area (Å²) in [6, 6.07) is 14.7. The molecule has 1 saturated carbocycles. The van der Waals surface area contributed by atoms with Gasteiger partial charge in [-0.15, -0.1) is 0 Å². The molecule has 1 aliphatic carbocycles. The summed E-state index contributed by atoms with van der Waals surface area (Å²) in [5, 5.41) is 4.69. The Morgan fingerprint density at radius 2 is 1.70 bits per heavy atom. The van der Waals surface area contributed by atoms with Crippen LogP contribution in [0, 0.1) is 0 Å². The molecule has 1 aliphatic heterocycles. The van der Waals surface area contributed by atoms with Crippen LogP contribution in [0.3, 0.4) is 0 Å². The van der Waals surface area contributed by atoms with Gasteiger partial charge in [0.15, 0.2) is 11.5 Å². The van der Waals surface area contributed by atoms with Crippen molar-refractivity contribution in [3.05, 3.63) is 54.7 Å². The molecular formula is C22H23N3O4S. The molecule has 0 saturated heterocycles. The Morgan fingerprint density at radius 3 is 2.47 bits per heavy atom. The number of sulfonamides is 1. The second-order valence-electron chi connectivity index (χ2n) is 7.59. The largest absolute Gasteiger partial charge is 0.486 e. The summed E-state index contributed by atoms with van der Waals surface area (Å²) >= 11 is 0. The number of anilines is 1. The first kappa shape index (κ1) is 19.0. The Hall–Kier alpha value is -3.00. The summed E-state index contributed by atoms with van der Waals surface area (Å²) in [6.07, 6.45) is 5.99. The number of benzene rings is 2. The Bertz CT molecular complexity index is 1150. The van der Waals surface area contributed by atoms with E-state index < -0.39 is 10.0 Å². The van der Waals surface area contributed by atoms with Crippen molar-refractivity contribution < 1.29 is 17.9 Å². The van der Waals surface area contributed by atoms with Gasteiger partial charge in [-0.05, 0) is 25.0 Å². The summed E-state index contributed by atoms with van der Waals surface area (Å²) < 4.78 is 42.3. The zero-order valence-electron chi connectivity index (χ0n) is 16.5. The van der Waals surface area contributed by atoms with Crippen molar-refractivity contribution in [3.63, 3.8) is 0 Å². The lowest BCUT2D eigenvalue weighted by atomic mass is 10.2. The van der Waals surface area contributed by atoms with E-state index in [2.05, 4.69) is 4.72 Å². The summed E-state index contributed by atoms with van der Waals surface area (Å²) in [5.74, 6) is 1.15. The first-order chi connectivity index (χ1) is 14.6. The minimum Gasteiger partial charge on any atom is -0.486 e. The summed E-state index contributed by atoms with van der Waals surface area (Å²) in [7, 11) is -3.86. The van der Waals surface area contributed by atoms with Crippen molar-refractivity contribution in [2.75, 3.05) is 17.9 Å². The Morgan fingerprint density at radius 1 is 0.967 bits per heavy atom. The van der Waals surface area contributed by atoms with Crippen LogP contribution in [0.5, 0.6) is 11.5 Å². The normalized spacial score (nSPS) is 16.5. The molecule has 0 bridgehead atoms. The molecule has 0 spiro atoms. The number of aromatic nitrogens is 2. The van der Waals surface area contributed by atoms with E-state index in [-0.39, 0.29) is 10.9 Å². The highest BCUT2D eigenvalue weighted by atomic mass is 32.2. The average Bonchev–Trinajstić information content (AvgIpc) is 3.44. The topological polar surface area (TPSA) is 82.5 Å². The van der Waals surface area contributed by atoms with Gasteiger partial charge in [0.1, 0.15) is 23.8 Å². The molecule has 3 aromatic rings. The molecule has 8 heteroatoms. The lowest BCUT2D eigenvalue weighted by molar-refractivity contribution is 0.171. The molecule has 2 heterocycles. The van der Waals surface area contributed by atoms with Crippen LogP contribution in [-0.2, 0) is 10.0 Å². The Labute approximate surface area is 175 Å². The molecule has 0 atom stereocenters. The molecule has 2 aliphatic rings. The SMILES string of the molecule is O=S(=O)(Nc1ccc2c(c1)OCCO2)c1cn(C2CCCC2)nc1-c1ccccc1. The van der Waals surface area contributed by atoms with E-state index in [1.54, 1.807) is 24.4 Å². The highest BCUT2D eigenvalue weighted by Crippen LogP contribution is 2.36. The minimum atomic E-state index is -3.86. The highest BCUT2D eigenvalue weighted by Gasteiger charge is 2.27. The van der Waals surface area contributed by atoms with E-state index >= 15 is 0 Å². The zero-order chi connectivity index (χ0) is 20.6. The third kappa shape index (κ3) is 3.63. The molecule has 0 unspecified atom stereocenters. The summed E-state index contributed by atoms with van der Waals surface area (Å²) in [6.45, 7) is 0.925. The third-order valence-electron chi connectivity index (χ3n) is 5.53. The molecule has 0 amide bonds. The number of fused-ring (bicyclic) bond motifs is 1. The van der Waals surface area contributed by atoms with Gasteiger partial charge < -0.3 is 9.47 Å². The standard InChI is InChI=1S/C22H23N3O4S/c26-30(27,24-17-10-11-19-20(14-17)29-13-12-28-19)21-15-25(18-8-4-5-9-18)23-22(21)16-6-2-1-3-7-16/h1-3,6-7,10-11,14-15,18,24H,4-5,8-9,12-13H2. The van der Waals surface area contributed by atoms with Gasteiger partial charge in [-0.2, -0.15) is 5.10 Å². The van der Waals surface area contributed by atoms with Crippen molar-refractivity contribution in [2.24, 2.45) is 0 Å². The monoisotopic (exact) mass is 425 g/mol. The van der Waals surface area contributed by atoms with E-state index in [1.165, 1.54) is 0 Å². The molecular weight excluding hydrogens is 402 g/mol. The number of ether oxygens (including phenoxy) is 2. The predicted molar refractivity (Wildman–Crippen MR) is 113 cm³/mol. The lowest BCUT2D eigenvalue weighted by Crippen LogP contribution is -2.17. The van der Waals surface area contributed by atoms with Gasteiger partial charge in [0.25, 0.3) is 10.0 Å². The van der Waals surface area contributed by atoms with Gasteiger partial charge in [0, 0.05) is 17.8 Å². The van der Waals surface area contributed by atoms with Crippen molar-refractivity contribution in [2.45, 2.75) is 36.6 Å². The predicted octanol–water partition coefficient (Wildman–Crippen LogP) is 4.24. The fourth-order valence-corrected chi connectivity index (χ4v) is 5.25. The Balaban J connectivity index is 1.52. The quantitative estimate of drug-likeness (QED) is 0.661. The third-order valence-corrected chi connectivity index (χ3v) is 6.91. The minimum absolute atomic E-state index is 0.176. The molecule has 5 rings (SSSR count). The molecule has 7 nitrogen and oxygen atoms in total. The fraction of sp³-hybridized carbons (Fsp3) is 0.318.